The van der Waals surface area contributed by atoms with Crippen LogP contribution in [0.4, 0.5) is 0 Å². The van der Waals surface area contributed by atoms with Gasteiger partial charge in [-0.15, -0.1) is 11.3 Å². The van der Waals surface area contributed by atoms with Crippen LogP contribution in [0.5, 0.6) is 0 Å². The molecule has 0 aliphatic rings. The minimum atomic E-state index is -0.771. The molecule has 0 spiro atoms. The second kappa shape index (κ2) is 5.46. The molecule has 1 aromatic rings. The molecular weight excluding hydrogens is 198 g/mol. The summed E-state index contributed by atoms with van der Waals surface area (Å²) in [4.78, 5) is 2.07. The third-order valence-electron chi connectivity index (χ3n) is 2.10. The zero-order valence-corrected chi connectivity index (χ0v) is 9.34. The number of likely N-dealkylation sites (N-methyl/N-ethyl adjacent to an activating group) is 1. The molecule has 2 unspecified atom stereocenters. The van der Waals surface area contributed by atoms with Gasteiger partial charge in [-0.2, -0.15) is 0 Å². The lowest BCUT2D eigenvalue weighted by Crippen LogP contribution is -2.29. The van der Waals surface area contributed by atoms with E-state index in [9.17, 15) is 10.2 Å². The number of aliphatic hydroxyl groups is 2. The van der Waals surface area contributed by atoms with Crippen molar-refractivity contribution >= 4 is 11.3 Å². The summed E-state index contributed by atoms with van der Waals surface area (Å²) < 4.78 is 0. The van der Waals surface area contributed by atoms with Crippen molar-refractivity contribution in [3.8, 4) is 0 Å². The first-order valence-electron chi connectivity index (χ1n) is 4.78. The van der Waals surface area contributed by atoms with Gasteiger partial charge in [-0.05, 0) is 25.6 Å². The molecule has 0 aromatic carbocycles. The van der Waals surface area contributed by atoms with Crippen molar-refractivity contribution in [2.75, 3.05) is 13.6 Å². The highest BCUT2D eigenvalue weighted by molar-refractivity contribution is 7.12. The smallest absolute Gasteiger partial charge is 0.115 e. The third kappa shape index (κ3) is 2.78. The molecule has 3 N–H and O–H groups in total. The summed E-state index contributed by atoms with van der Waals surface area (Å²) in [6.07, 6.45) is -0.532. The van der Waals surface area contributed by atoms with Crippen molar-refractivity contribution in [2.45, 2.75) is 25.6 Å². The van der Waals surface area contributed by atoms with Gasteiger partial charge in [0.1, 0.15) is 6.10 Å². The van der Waals surface area contributed by atoms with Gasteiger partial charge in [0.25, 0.3) is 0 Å². The molecule has 4 heteroatoms. The van der Waals surface area contributed by atoms with Crippen LogP contribution in [-0.2, 0) is 6.42 Å². The van der Waals surface area contributed by atoms with Gasteiger partial charge in [-0.1, -0.05) is 6.92 Å². The van der Waals surface area contributed by atoms with Crippen molar-refractivity contribution < 1.29 is 10.2 Å². The van der Waals surface area contributed by atoms with E-state index in [0.717, 1.165) is 11.3 Å². The average Bonchev–Trinajstić information content (AvgIpc) is 2.65. The molecule has 0 aliphatic carbocycles. The monoisotopic (exact) mass is 215 g/mol. The number of aliphatic hydroxyl groups excluding tert-OH is 2. The molecule has 14 heavy (non-hydrogen) atoms. The maximum Gasteiger partial charge on any atom is 0.115 e. The molecule has 0 radical (unpaired) electrons. The van der Waals surface area contributed by atoms with Crippen molar-refractivity contribution in [3.05, 3.63) is 21.9 Å². The van der Waals surface area contributed by atoms with Gasteiger partial charge in [0.05, 0.1) is 6.10 Å². The Morgan fingerprint density at radius 3 is 2.64 bits per heavy atom. The zero-order valence-electron chi connectivity index (χ0n) is 8.53. The first-order valence-corrected chi connectivity index (χ1v) is 5.60. The second-order valence-electron chi connectivity index (χ2n) is 3.23. The molecule has 1 aromatic heterocycles. The minimum Gasteiger partial charge on any atom is -0.389 e. The number of hydrogen-bond acceptors (Lipinski definition) is 4. The topological polar surface area (TPSA) is 52.5 Å². The van der Waals surface area contributed by atoms with E-state index < -0.39 is 12.2 Å². The maximum atomic E-state index is 9.75. The fourth-order valence-corrected chi connectivity index (χ4v) is 2.25. The van der Waals surface area contributed by atoms with E-state index in [4.69, 9.17) is 0 Å². The molecule has 3 nitrogen and oxygen atoms in total. The lowest BCUT2D eigenvalue weighted by Gasteiger charge is -2.15. The first-order chi connectivity index (χ1) is 6.69. The predicted octanol–water partition coefficient (Wildman–Crippen LogP) is 0.924. The zero-order chi connectivity index (χ0) is 10.6. The van der Waals surface area contributed by atoms with Crippen LogP contribution in [0, 0.1) is 0 Å². The predicted molar refractivity (Wildman–Crippen MR) is 58.6 cm³/mol. The van der Waals surface area contributed by atoms with E-state index in [-0.39, 0.29) is 0 Å². The van der Waals surface area contributed by atoms with E-state index >= 15 is 0 Å². The number of thiophene rings is 1. The van der Waals surface area contributed by atoms with Crippen LogP contribution in [0.25, 0.3) is 0 Å². The van der Waals surface area contributed by atoms with Crippen LogP contribution >= 0.6 is 11.3 Å². The number of rotatable bonds is 5. The fraction of sp³-hybridized carbons (Fsp3) is 0.600. The largest absolute Gasteiger partial charge is 0.389 e. The van der Waals surface area contributed by atoms with Crippen molar-refractivity contribution in [1.29, 1.82) is 0 Å². The number of nitrogens with one attached hydrogen (secondary N) is 1. The Hall–Kier alpha value is -0.420. The summed E-state index contributed by atoms with van der Waals surface area (Å²) in [5.41, 5.74) is 0. The van der Waals surface area contributed by atoms with Gasteiger partial charge >= 0.3 is 0 Å². The minimum absolute atomic E-state index is 0.403. The van der Waals surface area contributed by atoms with Crippen molar-refractivity contribution in [2.24, 2.45) is 0 Å². The molecule has 1 heterocycles. The Balaban J connectivity index is 2.63. The van der Waals surface area contributed by atoms with E-state index in [1.807, 2.05) is 12.1 Å². The van der Waals surface area contributed by atoms with Gasteiger partial charge in [0, 0.05) is 16.3 Å². The lowest BCUT2D eigenvalue weighted by atomic mass is 10.1. The summed E-state index contributed by atoms with van der Waals surface area (Å²) >= 11 is 1.56. The van der Waals surface area contributed by atoms with E-state index in [0.29, 0.717) is 6.54 Å². The second-order valence-corrected chi connectivity index (χ2v) is 4.43. The Kier molecular flexibility index (Phi) is 4.54. The molecule has 80 valence electrons. The van der Waals surface area contributed by atoms with E-state index in [1.165, 1.54) is 4.88 Å². The van der Waals surface area contributed by atoms with Gasteiger partial charge in [-0.25, -0.2) is 0 Å². The van der Waals surface area contributed by atoms with Crippen LogP contribution in [0.2, 0.25) is 0 Å². The highest BCUT2D eigenvalue weighted by Crippen LogP contribution is 2.25. The molecule has 0 saturated heterocycles. The Bertz CT molecular complexity index is 275. The van der Waals surface area contributed by atoms with Crippen molar-refractivity contribution in [3.63, 3.8) is 0 Å². The number of aryl methyl sites for hydroxylation is 1. The summed E-state index contributed by atoms with van der Waals surface area (Å²) in [7, 11) is 1.75. The summed E-state index contributed by atoms with van der Waals surface area (Å²) in [6.45, 7) is 2.48. The third-order valence-corrected chi connectivity index (χ3v) is 3.40. The Morgan fingerprint density at radius 1 is 1.43 bits per heavy atom. The summed E-state index contributed by atoms with van der Waals surface area (Å²) in [6, 6.07) is 3.88. The summed E-state index contributed by atoms with van der Waals surface area (Å²) in [5.74, 6) is 0. The normalized spacial score (nSPS) is 15.4. The molecule has 0 bridgehead atoms. The average molecular weight is 215 g/mol. The Morgan fingerprint density at radius 2 is 2.14 bits per heavy atom. The van der Waals surface area contributed by atoms with Crippen LogP contribution in [0.3, 0.4) is 0 Å². The molecule has 1 rings (SSSR count). The summed E-state index contributed by atoms with van der Waals surface area (Å²) in [5, 5.41) is 22.1. The van der Waals surface area contributed by atoms with Gasteiger partial charge < -0.3 is 15.5 Å². The van der Waals surface area contributed by atoms with E-state index in [2.05, 4.69) is 12.2 Å². The molecule has 0 saturated carbocycles. The van der Waals surface area contributed by atoms with Gasteiger partial charge in [0.15, 0.2) is 0 Å². The van der Waals surface area contributed by atoms with Gasteiger partial charge in [-0.3, -0.25) is 0 Å². The first kappa shape index (κ1) is 11.7. The molecule has 0 amide bonds. The fourth-order valence-electron chi connectivity index (χ4n) is 1.25. The highest BCUT2D eigenvalue weighted by Gasteiger charge is 2.18. The Labute approximate surface area is 88.4 Å². The molecular formula is C10H17NO2S. The van der Waals surface area contributed by atoms with Crippen LogP contribution in [0.15, 0.2) is 12.1 Å². The van der Waals surface area contributed by atoms with Gasteiger partial charge in [0.2, 0.25) is 0 Å². The molecule has 0 fully saturated rings. The van der Waals surface area contributed by atoms with Crippen LogP contribution in [-0.4, -0.2) is 29.9 Å². The molecule has 2 atom stereocenters. The quantitative estimate of drug-likeness (QED) is 0.685. The van der Waals surface area contributed by atoms with Crippen LogP contribution < -0.4 is 5.32 Å². The van der Waals surface area contributed by atoms with Crippen molar-refractivity contribution in [1.82, 2.24) is 5.32 Å². The van der Waals surface area contributed by atoms with Crippen LogP contribution in [0.1, 0.15) is 22.8 Å². The number of hydrogen-bond donors (Lipinski definition) is 3. The van der Waals surface area contributed by atoms with E-state index in [1.54, 1.807) is 18.4 Å². The maximum absolute atomic E-state index is 9.75. The highest BCUT2D eigenvalue weighted by atomic mass is 32.1. The molecule has 0 aliphatic heterocycles. The SMILES string of the molecule is CCc1ccc(C(O)C(O)CNC)s1. The lowest BCUT2D eigenvalue weighted by molar-refractivity contribution is 0.0224. The standard InChI is InChI=1S/C10H17NO2S/c1-3-7-4-5-9(14-7)10(13)8(12)6-11-2/h4-5,8,10-13H,3,6H2,1-2H3.